The second-order valence-electron chi connectivity index (χ2n) is 2.97. The van der Waals surface area contributed by atoms with Crippen LogP contribution in [0.1, 0.15) is 0 Å². The lowest BCUT2D eigenvalue weighted by Gasteiger charge is -2.22. The van der Waals surface area contributed by atoms with Gasteiger partial charge in [0.1, 0.15) is 6.04 Å². The van der Waals surface area contributed by atoms with E-state index in [-0.39, 0.29) is 24.4 Å². The summed E-state index contributed by atoms with van der Waals surface area (Å²) in [5.74, 6) is -0.414. The Bertz CT molecular complexity index is 214. The zero-order valence-electron chi connectivity index (χ0n) is 8.13. The van der Waals surface area contributed by atoms with E-state index in [0.29, 0.717) is 19.8 Å². The Labute approximate surface area is 82.4 Å². The number of hydrogen-bond donors (Lipinski definition) is 3. The number of likely N-dealkylation sites (N-methyl/N-ethyl adjacent to an activating group) is 1. The van der Waals surface area contributed by atoms with Crippen molar-refractivity contribution in [3.8, 4) is 0 Å². The lowest BCUT2D eigenvalue weighted by molar-refractivity contribution is -0.129. The highest BCUT2D eigenvalue weighted by molar-refractivity contribution is 5.87. The monoisotopic (exact) mass is 201 g/mol. The first-order chi connectivity index (χ1) is 6.74. The maximum absolute atomic E-state index is 11.4. The first-order valence-electron chi connectivity index (χ1n) is 4.53. The number of rotatable bonds is 3. The lowest BCUT2D eigenvalue weighted by atomic mass is 10.2. The predicted octanol–water partition coefficient (Wildman–Crippen LogP) is -2.16. The molecule has 0 aromatic rings. The number of carbonyl (C=O) groups excluding carboxylic acids is 2. The summed E-state index contributed by atoms with van der Waals surface area (Å²) < 4.78 is 5.11. The second-order valence-corrected chi connectivity index (χ2v) is 2.97. The van der Waals surface area contributed by atoms with E-state index in [9.17, 15) is 9.59 Å². The molecule has 1 rings (SSSR count). The van der Waals surface area contributed by atoms with Crippen molar-refractivity contribution in [2.75, 3.05) is 33.4 Å². The molecule has 0 aromatic carbocycles. The minimum Gasteiger partial charge on any atom is -0.378 e. The Morgan fingerprint density at radius 2 is 2.36 bits per heavy atom. The van der Waals surface area contributed by atoms with Crippen LogP contribution in [0.15, 0.2) is 0 Å². The summed E-state index contributed by atoms with van der Waals surface area (Å²) >= 11 is 0. The number of ether oxygens (including phenoxy) is 1. The average Bonchev–Trinajstić information content (AvgIpc) is 2.26. The molecule has 1 saturated heterocycles. The molecule has 0 spiro atoms. The molecule has 1 aliphatic rings. The fraction of sp³-hybridized carbons (Fsp3) is 0.750. The fourth-order valence-corrected chi connectivity index (χ4v) is 1.11. The molecule has 1 aliphatic heterocycles. The van der Waals surface area contributed by atoms with E-state index in [1.807, 2.05) is 0 Å². The molecule has 0 saturated carbocycles. The summed E-state index contributed by atoms with van der Waals surface area (Å²) in [5, 5.41) is 7.92. The van der Waals surface area contributed by atoms with Gasteiger partial charge in [0.15, 0.2) is 0 Å². The van der Waals surface area contributed by atoms with Crippen molar-refractivity contribution >= 4 is 11.8 Å². The van der Waals surface area contributed by atoms with E-state index in [1.54, 1.807) is 0 Å². The van der Waals surface area contributed by atoms with Crippen LogP contribution in [0.25, 0.3) is 0 Å². The Hall–Kier alpha value is -1.14. The SMILES string of the molecule is CNC(=O)CNC(=O)[C@H]1COCCN1. The van der Waals surface area contributed by atoms with Crippen LogP contribution in [0, 0.1) is 0 Å². The van der Waals surface area contributed by atoms with Gasteiger partial charge in [0.25, 0.3) is 0 Å². The molecule has 6 nitrogen and oxygen atoms in total. The summed E-state index contributed by atoms with van der Waals surface area (Å²) in [6, 6.07) is -0.339. The van der Waals surface area contributed by atoms with E-state index < -0.39 is 0 Å². The van der Waals surface area contributed by atoms with E-state index in [4.69, 9.17) is 4.74 Å². The molecular weight excluding hydrogens is 186 g/mol. The predicted molar refractivity (Wildman–Crippen MR) is 49.7 cm³/mol. The number of nitrogens with one attached hydrogen (secondary N) is 3. The Morgan fingerprint density at radius 1 is 1.57 bits per heavy atom. The first-order valence-corrected chi connectivity index (χ1v) is 4.53. The zero-order chi connectivity index (χ0) is 10.4. The minimum atomic E-state index is -0.339. The van der Waals surface area contributed by atoms with Crippen LogP contribution in [-0.2, 0) is 14.3 Å². The van der Waals surface area contributed by atoms with Crippen molar-refractivity contribution in [3.05, 3.63) is 0 Å². The van der Waals surface area contributed by atoms with Crippen LogP contribution >= 0.6 is 0 Å². The number of amides is 2. The van der Waals surface area contributed by atoms with Crippen LogP contribution in [-0.4, -0.2) is 51.2 Å². The third-order valence-electron chi connectivity index (χ3n) is 1.94. The molecule has 0 bridgehead atoms. The van der Waals surface area contributed by atoms with E-state index >= 15 is 0 Å². The quantitative estimate of drug-likeness (QED) is 0.486. The van der Waals surface area contributed by atoms with Crippen molar-refractivity contribution in [3.63, 3.8) is 0 Å². The molecule has 0 radical (unpaired) electrons. The summed E-state index contributed by atoms with van der Waals surface area (Å²) in [6.07, 6.45) is 0. The Morgan fingerprint density at radius 3 is 2.93 bits per heavy atom. The maximum Gasteiger partial charge on any atom is 0.239 e. The van der Waals surface area contributed by atoms with E-state index in [1.165, 1.54) is 7.05 Å². The van der Waals surface area contributed by atoms with Crippen molar-refractivity contribution < 1.29 is 14.3 Å². The highest BCUT2D eigenvalue weighted by Crippen LogP contribution is 1.92. The molecule has 0 aromatic heterocycles. The summed E-state index contributed by atoms with van der Waals surface area (Å²) in [7, 11) is 1.52. The van der Waals surface area contributed by atoms with Gasteiger partial charge in [0, 0.05) is 13.6 Å². The molecule has 14 heavy (non-hydrogen) atoms. The van der Waals surface area contributed by atoms with Gasteiger partial charge in [0.05, 0.1) is 19.8 Å². The standard InChI is InChI=1S/C8H15N3O3/c1-9-7(12)4-11-8(13)6-5-14-3-2-10-6/h6,10H,2-5H2,1H3,(H,9,12)(H,11,13)/t6-/m1/s1. The van der Waals surface area contributed by atoms with Gasteiger partial charge in [-0.3, -0.25) is 9.59 Å². The summed E-state index contributed by atoms with van der Waals surface area (Å²) in [4.78, 5) is 22.2. The smallest absolute Gasteiger partial charge is 0.239 e. The van der Waals surface area contributed by atoms with Crippen LogP contribution in [0.5, 0.6) is 0 Å². The maximum atomic E-state index is 11.4. The molecule has 2 amide bonds. The van der Waals surface area contributed by atoms with Gasteiger partial charge < -0.3 is 20.7 Å². The van der Waals surface area contributed by atoms with Gasteiger partial charge >= 0.3 is 0 Å². The number of carbonyl (C=O) groups is 2. The summed E-state index contributed by atoms with van der Waals surface area (Å²) in [6.45, 7) is 1.66. The Kier molecular flexibility index (Phi) is 4.34. The van der Waals surface area contributed by atoms with Crippen molar-refractivity contribution in [1.29, 1.82) is 0 Å². The van der Waals surface area contributed by atoms with Crippen molar-refractivity contribution in [2.45, 2.75) is 6.04 Å². The highest BCUT2D eigenvalue weighted by Gasteiger charge is 2.20. The average molecular weight is 201 g/mol. The van der Waals surface area contributed by atoms with Gasteiger partial charge in [-0.1, -0.05) is 0 Å². The van der Waals surface area contributed by atoms with Gasteiger partial charge in [-0.25, -0.2) is 0 Å². The minimum absolute atomic E-state index is 0.00745. The van der Waals surface area contributed by atoms with E-state index in [2.05, 4.69) is 16.0 Å². The van der Waals surface area contributed by atoms with E-state index in [0.717, 1.165) is 0 Å². The van der Waals surface area contributed by atoms with Crippen LogP contribution < -0.4 is 16.0 Å². The zero-order valence-corrected chi connectivity index (χ0v) is 8.13. The van der Waals surface area contributed by atoms with Crippen LogP contribution in [0.4, 0.5) is 0 Å². The fourth-order valence-electron chi connectivity index (χ4n) is 1.11. The lowest BCUT2D eigenvalue weighted by Crippen LogP contribution is -2.52. The molecule has 1 atom stereocenters. The van der Waals surface area contributed by atoms with Crippen LogP contribution in [0.2, 0.25) is 0 Å². The molecule has 3 N–H and O–H groups in total. The van der Waals surface area contributed by atoms with Gasteiger partial charge in [-0.2, -0.15) is 0 Å². The van der Waals surface area contributed by atoms with Crippen LogP contribution in [0.3, 0.4) is 0 Å². The molecule has 0 unspecified atom stereocenters. The molecule has 80 valence electrons. The first kappa shape index (κ1) is 10.9. The molecule has 0 aliphatic carbocycles. The van der Waals surface area contributed by atoms with Gasteiger partial charge in [-0.05, 0) is 0 Å². The third-order valence-corrected chi connectivity index (χ3v) is 1.94. The largest absolute Gasteiger partial charge is 0.378 e. The topological polar surface area (TPSA) is 79.5 Å². The highest BCUT2D eigenvalue weighted by atomic mass is 16.5. The number of hydrogen-bond acceptors (Lipinski definition) is 4. The third kappa shape index (κ3) is 3.31. The summed E-state index contributed by atoms with van der Waals surface area (Å²) in [5.41, 5.74) is 0. The van der Waals surface area contributed by atoms with Crippen molar-refractivity contribution in [2.24, 2.45) is 0 Å². The molecule has 6 heteroatoms. The molecular formula is C8H15N3O3. The molecule has 1 heterocycles. The van der Waals surface area contributed by atoms with Gasteiger partial charge in [-0.15, -0.1) is 0 Å². The number of morpholine rings is 1. The molecule has 1 fully saturated rings. The normalized spacial score (nSPS) is 21.4. The van der Waals surface area contributed by atoms with Crippen molar-refractivity contribution in [1.82, 2.24) is 16.0 Å². The Balaban J connectivity index is 2.23. The second kappa shape index (κ2) is 5.56. The van der Waals surface area contributed by atoms with Gasteiger partial charge in [0.2, 0.25) is 11.8 Å².